The molecule has 1 aliphatic heterocycles. The van der Waals surface area contributed by atoms with Crippen LogP contribution >= 0.6 is 0 Å². The van der Waals surface area contributed by atoms with Gasteiger partial charge in [0.25, 0.3) is 5.91 Å². The first-order chi connectivity index (χ1) is 11.0. The summed E-state index contributed by atoms with van der Waals surface area (Å²) >= 11 is 0. The van der Waals surface area contributed by atoms with Crippen molar-refractivity contribution < 1.29 is 19.4 Å². The van der Waals surface area contributed by atoms with Crippen molar-refractivity contribution in [2.45, 2.75) is 6.92 Å². The second-order valence-electron chi connectivity index (χ2n) is 5.28. The van der Waals surface area contributed by atoms with Gasteiger partial charge in [-0.1, -0.05) is 42.0 Å². The number of hydrogen-bond acceptors (Lipinski definition) is 3. The average molecular weight is 309 g/mol. The molecule has 0 saturated carbocycles. The molecule has 0 spiro atoms. The molecule has 1 N–H and O–H groups in total. The van der Waals surface area contributed by atoms with Crippen LogP contribution in [0, 0.1) is 6.92 Å². The van der Waals surface area contributed by atoms with Crippen LogP contribution in [0.2, 0.25) is 0 Å². The summed E-state index contributed by atoms with van der Waals surface area (Å²) in [6.07, 6.45) is 1.63. The molecule has 0 unspecified atom stereocenters. The minimum atomic E-state index is -1.08. The number of carboxylic acids is 1. The van der Waals surface area contributed by atoms with Gasteiger partial charge in [0, 0.05) is 0 Å². The lowest BCUT2D eigenvalue weighted by Gasteiger charge is -2.29. The van der Waals surface area contributed by atoms with E-state index in [4.69, 9.17) is 9.84 Å². The fraction of sp³-hybridized carbons (Fsp3) is 0.111. The zero-order valence-corrected chi connectivity index (χ0v) is 12.5. The van der Waals surface area contributed by atoms with Gasteiger partial charge in [-0.3, -0.25) is 14.5 Å². The van der Waals surface area contributed by atoms with Gasteiger partial charge < -0.3 is 9.84 Å². The molecule has 1 amide bonds. The lowest BCUT2D eigenvalue weighted by Crippen LogP contribution is -2.40. The van der Waals surface area contributed by atoms with Crippen molar-refractivity contribution in [3.63, 3.8) is 0 Å². The van der Waals surface area contributed by atoms with Crippen LogP contribution in [-0.4, -0.2) is 23.5 Å². The maximum Gasteiger partial charge on any atom is 0.323 e. The molecule has 0 radical (unpaired) electrons. The summed E-state index contributed by atoms with van der Waals surface area (Å²) in [5.74, 6) is -0.972. The minimum Gasteiger partial charge on any atom is -0.480 e. The zero-order chi connectivity index (χ0) is 16.4. The van der Waals surface area contributed by atoms with Gasteiger partial charge in [0.15, 0.2) is 11.5 Å². The molecule has 2 aromatic carbocycles. The van der Waals surface area contributed by atoms with Gasteiger partial charge in [-0.05, 0) is 30.7 Å². The first kappa shape index (κ1) is 14.8. The number of benzene rings is 2. The van der Waals surface area contributed by atoms with Crippen LogP contribution in [0.1, 0.15) is 11.1 Å². The van der Waals surface area contributed by atoms with E-state index in [0.29, 0.717) is 11.4 Å². The van der Waals surface area contributed by atoms with E-state index < -0.39 is 18.4 Å². The number of carbonyl (C=O) groups is 2. The number of rotatable bonds is 3. The standard InChI is InChI=1S/C18H15NO4/c1-12-5-4-6-13(9-12)10-16-18(22)19(11-17(20)21)14-7-2-3-8-15(14)23-16/h2-10H,11H2,1H3,(H,20,21). The number of aryl methyl sites for hydroxylation is 1. The number of para-hydroxylation sites is 2. The maximum atomic E-state index is 12.6. The summed E-state index contributed by atoms with van der Waals surface area (Å²) in [6, 6.07) is 14.5. The average Bonchev–Trinajstić information content (AvgIpc) is 2.51. The molecule has 0 atom stereocenters. The van der Waals surface area contributed by atoms with Crippen molar-refractivity contribution in [3.05, 3.63) is 65.4 Å². The molecule has 1 heterocycles. The lowest BCUT2D eigenvalue weighted by atomic mass is 10.1. The number of carboxylic acid groups (broad SMARTS) is 1. The van der Waals surface area contributed by atoms with E-state index in [1.165, 1.54) is 4.90 Å². The van der Waals surface area contributed by atoms with Crippen LogP contribution in [0.3, 0.4) is 0 Å². The van der Waals surface area contributed by atoms with E-state index in [9.17, 15) is 9.59 Å². The Morgan fingerprint density at radius 2 is 2.00 bits per heavy atom. The molecular formula is C18H15NO4. The van der Waals surface area contributed by atoms with E-state index in [1.807, 2.05) is 31.2 Å². The Morgan fingerprint density at radius 3 is 2.74 bits per heavy atom. The zero-order valence-electron chi connectivity index (χ0n) is 12.5. The summed E-state index contributed by atoms with van der Waals surface area (Å²) in [6.45, 7) is 1.54. The van der Waals surface area contributed by atoms with Gasteiger partial charge in [0.1, 0.15) is 6.54 Å². The van der Waals surface area contributed by atoms with Crippen LogP contribution in [0.25, 0.3) is 6.08 Å². The largest absolute Gasteiger partial charge is 0.480 e. The number of anilines is 1. The van der Waals surface area contributed by atoms with E-state index in [2.05, 4.69) is 0 Å². The fourth-order valence-electron chi connectivity index (χ4n) is 2.47. The molecule has 0 aliphatic carbocycles. The Hall–Kier alpha value is -3.08. The third kappa shape index (κ3) is 3.08. The predicted octanol–water partition coefficient (Wildman–Crippen LogP) is 2.85. The SMILES string of the molecule is Cc1cccc(C=C2Oc3ccccc3N(CC(=O)O)C2=O)c1. The molecule has 5 nitrogen and oxygen atoms in total. The Bertz CT molecular complexity index is 810. The van der Waals surface area contributed by atoms with Gasteiger partial charge in [-0.25, -0.2) is 0 Å². The predicted molar refractivity (Wildman–Crippen MR) is 86.2 cm³/mol. The molecule has 0 aromatic heterocycles. The Balaban J connectivity index is 2.04. The first-order valence-electron chi connectivity index (χ1n) is 7.13. The number of hydrogen-bond donors (Lipinski definition) is 1. The summed E-state index contributed by atoms with van der Waals surface area (Å²) in [7, 11) is 0. The van der Waals surface area contributed by atoms with E-state index >= 15 is 0 Å². The molecule has 5 heteroatoms. The molecule has 1 aliphatic rings. The van der Waals surface area contributed by atoms with Crippen LogP contribution in [0.15, 0.2) is 54.3 Å². The van der Waals surface area contributed by atoms with Crippen molar-refractivity contribution in [2.75, 3.05) is 11.4 Å². The molecular weight excluding hydrogens is 294 g/mol. The highest BCUT2D eigenvalue weighted by molar-refractivity contribution is 6.11. The normalized spacial score (nSPS) is 15.3. The van der Waals surface area contributed by atoms with Crippen molar-refractivity contribution in [2.24, 2.45) is 0 Å². The number of fused-ring (bicyclic) bond motifs is 1. The minimum absolute atomic E-state index is 0.107. The van der Waals surface area contributed by atoms with E-state index in [0.717, 1.165) is 11.1 Å². The third-order valence-corrected chi connectivity index (χ3v) is 3.47. The molecule has 2 aromatic rings. The Morgan fingerprint density at radius 1 is 1.22 bits per heavy atom. The van der Waals surface area contributed by atoms with Gasteiger partial charge >= 0.3 is 5.97 Å². The molecule has 23 heavy (non-hydrogen) atoms. The quantitative estimate of drug-likeness (QED) is 0.885. The highest BCUT2D eigenvalue weighted by Crippen LogP contribution is 2.35. The monoisotopic (exact) mass is 309 g/mol. The summed E-state index contributed by atoms with van der Waals surface area (Å²) in [5, 5.41) is 9.07. The number of nitrogens with zero attached hydrogens (tertiary/aromatic N) is 1. The van der Waals surface area contributed by atoms with E-state index in [-0.39, 0.29) is 5.76 Å². The topological polar surface area (TPSA) is 66.8 Å². The Labute approximate surface area is 133 Å². The maximum absolute atomic E-state index is 12.6. The second-order valence-corrected chi connectivity index (χ2v) is 5.28. The number of amides is 1. The van der Waals surface area contributed by atoms with Crippen LogP contribution in [0.4, 0.5) is 5.69 Å². The van der Waals surface area contributed by atoms with Crippen molar-refractivity contribution >= 4 is 23.6 Å². The van der Waals surface area contributed by atoms with E-state index in [1.54, 1.807) is 30.3 Å². The number of aliphatic carboxylic acids is 1. The Kier molecular flexibility index (Phi) is 3.85. The van der Waals surface area contributed by atoms with Gasteiger partial charge in [-0.15, -0.1) is 0 Å². The van der Waals surface area contributed by atoms with Gasteiger partial charge in [0.2, 0.25) is 0 Å². The molecule has 116 valence electrons. The highest BCUT2D eigenvalue weighted by Gasteiger charge is 2.31. The highest BCUT2D eigenvalue weighted by atomic mass is 16.5. The van der Waals surface area contributed by atoms with Gasteiger partial charge in [-0.2, -0.15) is 0 Å². The smallest absolute Gasteiger partial charge is 0.323 e. The molecule has 0 saturated heterocycles. The summed E-state index contributed by atoms with van der Waals surface area (Å²) in [4.78, 5) is 24.9. The van der Waals surface area contributed by atoms with Gasteiger partial charge in [0.05, 0.1) is 5.69 Å². The summed E-state index contributed by atoms with van der Waals surface area (Å²) in [5.41, 5.74) is 2.34. The molecule has 0 fully saturated rings. The lowest BCUT2D eigenvalue weighted by molar-refractivity contribution is -0.136. The fourth-order valence-corrected chi connectivity index (χ4v) is 2.47. The van der Waals surface area contributed by atoms with Crippen molar-refractivity contribution in [3.8, 4) is 5.75 Å². The van der Waals surface area contributed by atoms with Crippen molar-refractivity contribution in [1.29, 1.82) is 0 Å². The van der Waals surface area contributed by atoms with Crippen molar-refractivity contribution in [1.82, 2.24) is 0 Å². The summed E-state index contributed by atoms with van der Waals surface area (Å²) < 4.78 is 5.68. The first-order valence-corrected chi connectivity index (χ1v) is 7.13. The molecule has 0 bridgehead atoms. The molecule has 3 rings (SSSR count). The number of ether oxygens (including phenoxy) is 1. The second kappa shape index (κ2) is 5.96. The third-order valence-electron chi connectivity index (χ3n) is 3.47. The van der Waals surface area contributed by atoms with Crippen LogP contribution in [-0.2, 0) is 9.59 Å². The van der Waals surface area contributed by atoms with Crippen LogP contribution in [0.5, 0.6) is 5.75 Å². The van der Waals surface area contributed by atoms with Crippen LogP contribution < -0.4 is 9.64 Å². The number of carbonyl (C=O) groups excluding carboxylic acids is 1.